The molecule has 6 heteroatoms. The first-order valence-corrected chi connectivity index (χ1v) is 7.96. The number of anilines is 1. The van der Waals surface area contributed by atoms with Crippen molar-refractivity contribution >= 4 is 29.9 Å². The number of hydrogen-bond acceptors (Lipinski definition) is 3. The second-order valence-corrected chi connectivity index (χ2v) is 5.74. The van der Waals surface area contributed by atoms with Crippen LogP contribution in [0.2, 0.25) is 0 Å². The zero-order valence-corrected chi connectivity index (χ0v) is 14.6. The second-order valence-electron chi connectivity index (χ2n) is 5.74. The van der Waals surface area contributed by atoms with Crippen LogP contribution in [0.15, 0.2) is 24.3 Å². The standard InChI is InChI=1S/C17H25N3O2.ClH/c1-3-20(13(2)21)12-14-7-4-5-9-16(14)19-17(22)11-15-8-6-10-18-15;/h4-5,7,9,15,18H,3,6,8,10-12H2,1-2H3,(H,19,22);1H. The van der Waals surface area contributed by atoms with Gasteiger partial charge in [-0.25, -0.2) is 0 Å². The van der Waals surface area contributed by atoms with Crippen molar-refractivity contribution in [1.82, 2.24) is 10.2 Å². The molecular formula is C17H26ClN3O2. The van der Waals surface area contributed by atoms with Crippen molar-refractivity contribution in [2.24, 2.45) is 0 Å². The van der Waals surface area contributed by atoms with Crippen LogP contribution in [-0.2, 0) is 16.1 Å². The van der Waals surface area contributed by atoms with E-state index in [0.717, 1.165) is 30.6 Å². The van der Waals surface area contributed by atoms with E-state index in [-0.39, 0.29) is 30.3 Å². The third-order valence-electron chi connectivity index (χ3n) is 4.07. The van der Waals surface area contributed by atoms with Gasteiger partial charge in [0.2, 0.25) is 11.8 Å². The first-order chi connectivity index (χ1) is 10.6. The lowest BCUT2D eigenvalue weighted by Gasteiger charge is -2.21. The Balaban J connectivity index is 0.00000264. The maximum atomic E-state index is 12.2. The molecule has 23 heavy (non-hydrogen) atoms. The van der Waals surface area contributed by atoms with Gasteiger partial charge in [0.05, 0.1) is 0 Å². The molecule has 1 aromatic rings. The molecule has 1 aliphatic rings. The largest absolute Gasteiger partial charge is 0.339 e. The fourth-order valence-corrected chi connectivity index (χ4v) is 2.79. The summed E-state index contributed by atoms with van der Waals surface area (Å²) in [5.74, 6) is 0.0662. The van der Waals surface area contributed by atoms with Gasteiger partial charge in [-0.3, -0.25) is 9.59 Å². The summed E-state index contributed by atoms with van der Waals surface area (Å²) >= 11 is 0. The summed E-state index contributed by atoms with van der Waals surface area (Å²) in [5.41, 5.74) is 1.76. The molecule has 2 rings (SSSR count). The van der Waals surface area contributed by atoms with Gasteiger partial charge in [0.25, 0.3) is 0 Å². The van der Waals surface area contributed by atoms with Gasteiger partial charge in [-0.2, -0.15) is 0 Å². The Bertz CT molecular complexity index is 530. The van der Waals surface area contributed by atoms with E-state index in [1.54, 1.807) is 11.8 Å². The van der Waals surface area contributed by atoms with E-state index in [2.05, 4.69) is 10.6 Å². The van der Waals surface area contributed by atoms with Crippen molar-refractivity contribution in [2.75, 3.05) is 18.4 Å². The number of hydrogen-bond donors (Lipinski definition) is 2. The fourth-order valence-electron chi connectivity index (χ4n) is 2.79. The maximum absolute atomic E-state index is 12.2. The maximum Gasteiger partial charge on any atom is 0.225 e. The van der Waals surface area contributed by atoms with Crippen LogP contribution >= 0.6 is 12.4 Å². The molecule has 0 bridgehead atoms. The van der Waals surface area contributed by atoms with E-state index in [9.17, 15) is 9.59 Å². The predicted octanol–water partition coefficient (Wildman–Crippen LogP) is 2.56. The first-order valence-electron chi connectivity index (χ1n) is 7.96. The zero-order valence-electron chi connectivity index (χ0n) is 13.8. The van der Waals surface area contributed by atoms with Crippen LogP contribution in [0.3, 0.4) is 0 Å². The van der Waals surface area contributed by atoms with Gasteiger partial charge in [-0.05, 0) is 37.9 Å². The van der Waals surface area contributed by atoms with Gasteiger partial charge in [0.1, 0.15) is 0 Å². The summed E-state index contributed by atoms with van der Waals surface area (Å²) < 4.78 is 0. The summed E-state index contributed by atoms with van der Waals surface area (Å²) in [6.45, 7) is 5.69. The van der Waals surface area contributed by atoms with Gasteiger partial charge in [0, 0.05) is 38.2 Å². The van der Waals surface area contributed by atoms with Crippen molar-refractivity contribution < 1.29 is 9.59 Å². The number of rotatable bonds is 6. The van der Waals surface area contributed by atoms with E-state index in [1.165, 1.54) is 0 Å². The van der Waals surface area contributed by atoms with Gasteiger partial charge in [-0.1, -0.05) is 18.2 Å². The van der Waals surface area contributed by atoms with Gasteiger partial charge in [-0.15, -0.1) is 12.4 Å². The predicted molar refractivity (Wildman–Crippen MR) is 94.7 cm³/mol. The third-order valence-corrected chi connectivity index (χ3v) is 4.07. The average Bonchev–Trinajstić information content (AvgIpc) is 2.98. The van der Waals surface area contributed by atoms with E-state index >= 15 is 0 Å². The fraction of sp³-hybridized carbons (Fsp3) is 0.529. The molecule has 5 nitrogen and oxygen atoms in total. The Labute approximate surface area is 144 Å². The number of amides is 2. The Kier molecular flexibility index (Phi) is 8.06. The summed E-state index contributed by atoms with van der Waals surface area (Å²) in [5, 5.41) is 6.32. The SMILES string of the molecule is CCN(Cc1ccccc1NC(=O)CC1CCCN1)C(C)=O.Cl. The quantitative estimate of drug-likeness (QED) is 0.837. The second kappa shape index (κ2) is 9.53. The van der Waals surface area contributed by atoms with E-state index in [0.29, 0.717) is 19.5 Å². The van der Waals surface area contributed by atoms with Crippen LogP contribution in [0.1, 0.15) is 38.7 Å². The molecule has 128 valence electrons. The zero-order chi connectivity index (χ0) is 15.9. The number of halogens is 1. The molecule has 1 atom stereocenters. The minimum atomic E-state index is 0. The van der Waals surface area contributed by atoms with Crippen molar-refractivity contribution in [3.05, 3.63) is 29.8 Å². The summed E-state index contributed by atoms with van der Waals surface area (Å²) in [7, 11) is 0. The topological polar surface area (TPSA) is 61.4 Å². The Hall–Kier alpha value is -1.59. The molecule has 1 aromatic carbocycles. The van der Waals surface area contributed by atoms with Crippen LogP contribution in [0.4, 0.5) is 5.69 Å². The summed E-state index contributed by atoms with van der Waals surface area (Å²) in [6, 6.07) is 7.96. The molecule has 2 amide bonds. The lowest BCUT2D eigenvalue weighted by molar-refractivity contribution is -0.129. The lowest BCUT2D eigenvalue weighted by Crippen LogP contribution is -2.29. The Morgan fingerprint density at radius 2 is 2.09 bits per heavy atom. The molecule has 1 saturated heterocycles. The van der Waals surface area contributed by atoms with E-state index in [4.69, 9.17) is 0 Å². The first kappa shape index (κ1) is 19.5. The summed E-state index contributed by atoms with van der Waals surface area (Å²) in [4.78, 5) is 25.5. The number of carbonyl (C=O) groups is 2. The number of para-hydroxylation sites is 1. The monoisotopic (exact) mass is 339 g/mol. The Morgan fingerprint density at radius 3 is 2.70 bits per heavy atom. The third kappa shape index (κ3) is 5.84. The van der Waals surface area contributed by atoms with Gasteiger partial charge in [0.15, 0.2) is 0 Å². The van der Waals surface area contributed by atoms with Crippen molar-refractivity contribution in [1.29, 1.82) is 0 Å². The summed E-state index contributed by atoms with van der Waals surface area (Å²) in [6.07, 6.45) is 2.69. The smallest absolute Gasteiger partial charge is 0.225 e. The van der Waals surface area contributed by atoms with Crippen molar-refractivity contribution in [3.8, 4) is 0 Å². The highest BCUT2D eigenvalue weighted by Crippen LogP contribution is 2.18. The molecule has 0 radical (unpaired) electrons. The van der Waals surface area contributed by atoms with Gasteiger partial charge >= 0.3 is 0 Å². The van der Waals surface area contributed by atoms with Crippen LogP contribution in [0.25, 0.3) is 0 Å². The Morgan fingerprint density at radius 1 is 1.35 bits per heavy atom. The minimum absolute atomic E-state index is 0. The van der Waals surface area contributed by atoms with Crippen molar-refractivity contribution in [3.63, 3.8) is 0 Å². The highest BCUT2D eigenvalue weighted by Gasteiger charge is 2.18. The molecule has 0 spiro atoms. The van der Waals surface area contributed by atoms with Crippen molar-refractivity contribution in [2.45, 2.75) is 45.7 Å². The number of benzene rings is 1. The number of nitrogens with one attached hydrogen (secondary N) is 2. The highest BCUT2D eigenvalue weighted by molar-refractivity contribution is 5.92. The molecule has 1 unspecified atom stereocenters. The normalized spacial score (nSPS) is 16.5. The molecule has 0 aromatic heterocycles. The van der Waals surface area contributed by atoms with E-state index in [1.807, 2.05) is 31.2 Å². The molecule has 0 aliphatic carbocycles. The van der Waals surface area contributed by atoms with Gasteiger partial charge < -0.3 is 15.5 Å². The molecule has 0 saturated carbocycles. The molecule has 1 fully saturated rings. The van der Waals surface area contributed by atoms with Crippen LogP contribution in [-0.4, -0.2) is 35.8 Å². The van der Waals surface area contributed by atoms with E-state index < -0.39 is 0 Å². The van der Waals surface area contributed by atoms with Crippen LogP contribution < -0.4 is 10.6 Å². The van der Waals surface area contributed by atoms with Crippen LogP contribution in [0.5, 0.6) is 0 Å². The van der Waals surface area contributed by atoms with Crippen LogP contribution in [0, 0.1) is 0 Å². The number of nitrogens with zero attached hydrogens (tertiary/aromatic N) is 1. The highest BCUT2D eigenvalue weighted by atomic mass is 35.5. The molecule has 1 aliphatic heterocycles. The average molecular weight is 340 g/mol. The number of carbonyl (C=O) groups excluding carboxylic acids is 2. The molecule has 1 heterocycles. The lowest BCUT2D eigenvalue weighted by atomic mass is 10.1. The minimum Gasteiger partial charge on any atom is -0.339 e. The molecule has 2 N–H and O–H groups in total. The molecular weight excluding hydrogens is 314 g/mol.